The van der Waals surface area contributed by atoms with Gasteiger partial charge in [-0.1, -0.05) is 19.8 Å². The van der Waals surface area contributed by atoms with Crippen molar-refractivity contribution in [3.05, 3.63) is 22.8 Å². The van der Waals surface area contributed by atoms with Crippen molar-refractivity contribution in [2.75, 3.05) is 21.3 Å². The number of carbonyl (C=O) groups excluding carboxylic acids is 1. The van der Waals surface area contributed by atoms with Crippen LogP contribution in [0.4, 0.5) is 4.79 Å². The van der Waals surface area contributed by atoms with E-state index < -0.39 is 18.0 Å². The lowest BCUT2D eigenvalue weighted by atomic mass is 9.97. The zero-order chi connectivity index (χ0) is 20.6. The van der Waals surface area contributed by atoms with Crippen LogP contribution in [-0.2, 0) is 20.6 Å². The van der Waals surface area contributed by atoms with E-state index >= 15 is 0 Å². The van der Waals surface area contributed by atoms with Crippen LogP contribution in [0.15, 0.2) is 6.07 Å². The summed E-state index contributed by atoms with van der Waals surface area (Å²) in [5.41, 5.74) is 1.87. The Bertz CT molecular complexity index is 614. The van der Waals surface area contributed by atoms with Crippen LogP contribution in [0.3, 0.4) is 0 Å². The fraction of sp³-hybridized carbons (Fsp3) is 0.667. The lowest BCUT2D eigenvalue weighted by molar-refractivity contribution is -0.107. The molecule has 6 heteroatoms. The second-order valence-corrected chi connectivity index (χ2v) is 7.43. The van der Waals surface area contributed by atoms with E-state index in [2.05, 4.69) is 6.92 Å². The fourth-order valence-corrected chi connectivity index (χ4v) is 2.94. The molecule has 0 amide bonds. The molecular formula is C21H34O6. The van der Waals surface area contributed by atoms with Crippen molar-refractivity contribution in [3.63, 3.8) is 0 Å². The molecule has 6 nitrogen and oxygen atoms in total. The van der Waals surface area contributed by atoms with E-state index in [0.717, 1.165) is 36.8 Å². The normalized spacial score (nSPS) is 11.6. The van der Waals surface area contributed by atoms with Gasteiger partial charge in [-0.2, -0.15) is 0 Å². The molecule has 0 radical (unpaired) electrons. The zero-order valence-electron chi connectivity index (χ0n) is 17.9. The molecule has 1 aromatic carbocycles. The molecule has 0 unspecified atom stereocenters. The minimum atomic E-state index is -0.735. The molecule has 0 saturated heterocycles. The minimum absolute atomic E-state index is 0.452. The van der Waals surface area contributed by atoms with Gasteiger partial charge >= 0.3 is 6.16 Å². The highest BCUT2D eigenvalue weighted by Gasteiger charge is 2.25. The fourth-order valence-electron chi connectivity index (χ4n) is 2.94. The van der Waals surface area contributed by atoms with Crippen molar-refractivity contribution in [2.45, 2.75) is 72.2 Å². The van der Waals surface area contributed by atoms with Crippen LogP contribution >= 0.6 is 0 Å². The van der Waals surface area contributed by atoms with Crippen LogP contribution in [0.2, 0.25) is 0 Å². The Labute approximate surface area is 163 Å². The molecule has 0 heterocycles. The zero-order valence-corrected chi connectivity index (χ0v) is 17.9. The number of hydrogen-bond acceptors (Lipinski definition) is 6. The predicted octanol–water partition coefficient (Wildman–Crippen LogP) is 5.34. The largest absolute Gasteiger partial charge is 0.514 e. The van der Waals surface area contributed by atoms with Gasteiger partial charge in [0.1, 0.15) is 17.1 Å². The highest BCUT2D eigenvalue weighted by molar-refractivity contribution is 5.67. The lowest BCUT2D eigenvalue weighted by Gasteiger charge is -2.24. The molecule has 0 N–H and O–H groups in total. The molecule has 0 aliphatic rings. The van der Waals surface area contributed by atoms with Gasteiger partial charge in [0.25, 0.3) is 0 Å². The molecule has 0 spiro atoms. The predicted molar refractivity (Wildman–Crippen MR) is 105 cm³/mol. The number of rotatable bonds is 9. The summed E-state index contributed by atoms with van der Waals surface area (Å²) in [6.07, 6.45) is 2.59. The standard InChI is InChI=1S/C21H34O6/c1-9-10-11-12-15-14(2)18(23-6)16(19(24-7)25-8)13-17(15)26-20(22)27-21(3,4)5/h13,19H,9-12H2,1-8H3. The van der Waals surface area contributed by atoms with Gasteiger partial charge in [-0.15, -0.1) is 0 Å². The van der Waals surface area contributed by atoms with Gasteiger partial charge in [0.05, 0.1) is 12.7 Å². The maximum atomic E-state index is 12.3. The van der Waals surface area contributed by atoms with Crippen molar-refractivity contribution in [1.29, 1.82) is 0 Å². The average molecular weight is 382 g/mol. The van der Waals surface area contributed by atoms with Crippen LogP contribution < -0.4 is 9.47 Å². The van der Waals surface area contributed by atoms with Gasteiger partial charge in [-0.25, -0.2) is 4.79 Å². The first-order valence-corrected chi connectivity index (χ1v) is 9.35. The molecule has 0 bridgehead atoms. The van der Waals surface area contributed by atoms with Gasteiger partial charge < -0.3 is 23.7 Å². The summed E-state index contributed by atoms with van der Waals surface area (Å²) >= 11 is 0. The second kappa shape index (κ2) is 10.5. The van der Waals surface area contributed by atoms with E-state index in [-0.39, 0.29) is 0 Å². The molecule has 0 fully saturated rings. The SMILES string of the molecule is CCCCCc1c(OC(=O)OC(C)(C)C)cc(C(OC)OC)c(OC)c1C. The number of unbranched alkanes of at least 4 members (excludes halogenated alkanes) is 2. The summed E-state index contributed by atoms with van der Waals surface area (Å²) in [7, 11) is 4.71. The van der Waals surface area contributed by atoms with Gasteiger partial charge in [0.2, 0.25) is 0 Å². The highest BCUT2D eigenvalue weighted by Crippen LogP contribution is 2.39. The number of carbonyl (C=O) groups is 1. The van der Waals surface area contributed by atoms with Crippen LogP contribution in [-0.4, -0.2) is 33.1 Å². The quantitative estimate of drug-likeness (QED) is 0.249. The maximum Gasteiger partial charge on any atom is 0.514 e. The van der Waals surface area contributed by atoms with Crippen molar-refractivity contribution in [3.8, 4) is 11.5 Å². The lowest BCUT2D eigenvalue weighted by Crippen LogP contribution is -2.26. The Morgan fingerprint density at radius 2 is 1.74 bits per heavy atom. The van der Waals surface area contributed by atoms with E-state index in [1.807, 2.05) is 6.92 Å². The smallest absolute Gasteiger partial charge is 0.496 e. The molecule has 0 saturated carbocycles. The van der Waals surface area contributed by atoms with E-state index in [1.54, 1.807) is 48.2 Å². The topological polar surface area (TPSA) is 63.2 Å². The van der Waals surface area contributed by atoms with Gasteiger partial charge in [-0.05, 0) is 52.2 Å². The average Bonchev–Trinajstić information content (AvgIpc) is 2.57. The first kappa shape index (κ1) is 23.2. The summed E-state index contributed by atoms with van der Waals surface area (Å²) in [5, 5.41) is 0. The van der Waals surface area contributed by atoms with Crippen LogP contribution in [0, 0.1) is 6.92 Å². The Balaban J connectivity index is 3.38. The highest BCUT2D eigenvalue weighted by atomic mass is 16.7. The molecule has 27 heavy (non-hydrogen) atoms. The third kappa shape index (κ3) is 6.70. The first-order valence-electron chi connectivity index (χ1n) is 9.35. The third-order valence-electron chi connectivity index (χ3n) is 4.14. The Kier molecular flexibility index (Phi) is 9.06. The molecular weight excluding hydrogens is 348 g/mol. The van der Waals surface area contributed by atoms with Crippen LogP contribution in [0.1, 0.15) is 69.9 Å². The molecule has 1 rings (SSSR count). The summed E-state index contributed by atoms with van der Waals surface area (Å²) in [5.74, 6) is 1.12. The van der Waals surface area contributed by atoms with Crippen LogP contribution in [0.25, 0.3) is 0 Å². The molecule has 0 aliphatic heterocycles. The van der Waals surface area contributed by atoms with E-state index in [9.17, 15) is 4.79 Å². The Morgan fingerprint density at radius 3 is 2.22 bits per heavy atom. The summed E-state index contributed by atoms with van der Waals surface area (Å²) in [4.78, 5) is 12.3. The summed E-state index contributed by atoms with van der Waals surface area (Å²) in [6, 6.07) is 1.74. The minimum Gasteiger partial charge on any atom is -0.496 e. The Hall–Kier alpha value is -1.79. The number of benzene rings is 1. The van der Waals surface area contributed by atoms with E-state index in [4.69, 9.17) is 23.7 Å². The van der Waals surface area contributed by atoms with Crippen molar-refractivity contribution < 1.29 is 28.5 Å². The summed E-state index contributed by atoms with van der Waals surface area (Å²) < 4.78 is 27.3. The number of methoxy groups -OCH3 is 3. The van der Waals surface area contributed by atoms with Crippen LogP contribution in [0.5, 0.6) is 11.5 Å². The Morgan fingerprint density at radius 1 is 1.11 bits per heavy atom. The van der Waals surface area contributed by atoms with Crippen molar-refractivity contribution in [1.82, 2.24) is 0 Å². The molecule has 154 valence electrons. The van der Waals surface area contributed by atoms with E-state index in [1.165, 1.54) is 0 Å². The monoisotopic (exact) mass is 382 g/mol. The summed E-state index contributed by atoms with van der Waals surface area (Å²) in [6.45, 7) is 9.50. The number of ether oxygens (including phenoxy) is 5. The first-order chi connectivity index (χ1) is 12.7. The second-order valence-electron chi connectivity index (χ2n) is 7.43. The van der Waals surface area contributed by atoms with Crippen molar-refractivity contribution >= 4 is 6.16 Å². The van der Waals surface area contributed by atoms with E-state index in [0.29, 0.717) is 17.1 Å². The molecule has 1 aromatic rings. The van der Waals surface area contributed by atoms with Gasteiger partial charge in [-0.3, -0.25) is 0 Å². The van der Waals surface area contributed by atoms with Crippen molar-refractivity contribution in [2.24, 2.45) is 0 Å². The number of hydrogen-bond donors (Lipinski definition) is 0. The molecule has 0 aliphatic carbocycles. The molecule has 0 aromatic heterocycles. The maximum absolute atomic E-state index is 12.3. The van der Waals surface area contributed by atoms with Gasteiger partial charge in [0.15, 0.2) is 6.29 Å². The molecule has 0 atom stereocenters. The third-order valence-corrected chi connectivity index (χ3v) is 4.14. The van der Waals surface area contributed by atoms with Gasteiger partial charge in [0, 0.05) is 19.8 Å².